The summed E-state index contributed by atoms with van der Waals surface area (Å²) >= 11 is 7.28. The second kappa shape index (κ2) is 9.06. The molecule has 0 bridgehead atoms. The predicted octanol–water partition coefficient (Wildman–Crippen LogP) is 4.92. The van der Waals surface area contributed by atoms with Crippen LogP contribution in [0.2, 0.25) is 5.02 Å². The summed E-state index contributed by atoms with van der Waals surface area (Å²) < 4.78 is 26.3. The van der Waals surface area contributed by atoms with E-state index in [2.05, 4.69) is 20.4 Å². The van der Waals surface area contributed by atoms with Crippen molar-refractivity contribution in [3.8, 4) is 0 Å². The fourth-order valence-corrected chi connectivity index (χ4v) is 4.48. The number of aromatic nitrogens is 2. The number of nitrogens with zero attached hydrogens (tertiary/aromatic N) is 3. The van der Waals surface area contributed by atoms with E-state index in [1.165, 1.54) is 41.7 Å². The minimum Gasteiger partial charge on any atom is -0.347 e. The Hall–Kier alpha value is -2.58. The molecular weight excluding hydrogens is 430 g/mol. The highest BCUT2D eigenvalue weighted by molar-refractivity contribution is 7.15. The summed E-state index contributed by atoms with van der Waals surface area (Å²) in [4.78, 5) is 14.6. The number of anilines is 2. The zero-order valence-electron chi connectivity index (χ0n) is 15.9. The van der Waals surface area contributed by atoms with Crippen molar-refractivity contribution >= 4 is 39.7 Å². The lowest BCUT2D eigenvalue weighted by Crippen LogP contribution is -2.38. The molecule has 0 saturated carbocycles. The zero-order chi connectivity index (χ0) is 21.1. The van der Waals surface area contributed by atoms with Gasteiger partial charge in [-0.2, -0.15) is 0 Å². The topological polar surface area (TPSA) is 58.1 Å². The van der Waals surface area contributed by atoms with Crippen LogP contribution < -0.4 is 10.2 Å². The Morgan fingerprint density at radius 3 is 2.57 bits per heavy atom. The number of hydrogen-bond acceptors (Lipinski definition) is 5. The van der Waals surface area contributed by atoms with E-state index in [0.29, 0.717) is 38.0 Å². The fourth-order valence-electron chi connectivity index (χ4n) is 3.37. The van der Waals surface area contributed by atoms with Gasteiger partial charge < -0.3 is 10.2 Å². The van der Waals surface area contributed by atoms with Gasteiger partial charge in [-0.15, -0.1) is 10.2 Å². The first-order valence-electron chi connectivity index (χ1n) is 9.55. The minimum absolute atomic E-state index is 0.0182. The van der Waals surface area contributed by atoms with Crippen LogP contribution in [0.15, 0.2) is 42.5 Å². The lowest BCUT2D eigenvalue weighted by Gasteiger charge is -2.30. The number of piperidine rings is 1. The van der Waals surface area contributed by atoms with Gasteiger partial charge in [0.1, 0.15) is 16.6 Å². The Morgan fingerprint density at radius 1 is 1.13 bits per heavy atom. The predicted molar refractivity (Wildman–Crippen MR) is 114 cm³/mol. The molecule has 0 aliphatic carbocycles. The van der Waals surface area contributed by atoms with E-state index < -0.39 is 5.82 Å². The third-order valence-corrected chi connectivity index (χ3v) is 6.32. The van der Waals surface area contributed by atoms with Crippen LogP contribution in [0.1, 0.15) is 23.4 Å². The van der Waals surface area contributed by atoms with Crippen LogP contribution in [0.5, 0.6) is 0 Å². The molecule has 156 valence electrons. The zero-order valence-corrected chi connectivity index (χ0v) is 17.5. The van der Waals surface area contributed by atoms with Crippen molar-refractivity contribution in [3.05, 3.63) is 69.7 Å². The van der Waals surface area contributed by atoms with Crippen LogP contribution in [-0.4, -0.2) is 29.2 Å². The molecular formula is C21H19ClF2N4OS. The maximum absolute atomic E-state index is 13.3. The molecule has 1 N–H and O–H groups in total. The molecule has 3 aromatic rings. The van der Waals surface area contributed by atoms with Crippen molar-refractivity contribution in [2.24, 2.45) is 5.92 Å². The average molecular weight is 449 g/mol. The number of hydrogen-bond donors (Lipinski definition) is 1. The van der Waals surface area contributed by atoms with Crippen molar-refractivity contribution < 1.29 is 13.6 Å². The number of benzene rings is 2. The van der Waals surface area contributed by atoms with E-state index in [1.54, 1.807) is 12.1 Å². The summed E-state index contributed by atoms with van der Waals surface area (Å²) in [7, 11) is 0. The van der Waals surface area contributed by atoms with Crippen LogP contribution >= 0.6 is 22.9 Å². The first-order chi connectivity index (χ1) is 14.5. The third kappa shape index (κ3) is 4.94. The maximum atomic E-state index is 13.3. The van der Waals surface area contributed by atoms with Gasteiger partial charge >= 0.3 is 0 Å². The van der Waals surface area contributed by atoms with Gasteiger partial charge in [0, 0.05) is 31.1 Å². The molecule has 30 heavy (non-hydrogen) atoms. The molecule has 0 unspecified atom stereocenters. The Kier molecular flexibility index (Phi) is 6.24. The molecule has 1 aliphatic heterocycles. The molecule has 1 amide bonds. The summed E-state index contributed by atoms with van der Waals surface area (Å²) in [5.41, 5.74) is 1.47. The van der Waals surface area contributed by atoms with Gasteiger partial charge in [0.05, 0.1) is 5.02 Å². The smallest absolute Gasteiger partial charge is 0.227 e. The number of nitrogens with one attached hydrogen (secondary N) is 1. The highest BCUT2D eigenvalue weighted by atomic mass is 35.5. The molecule has 1 aliphatic rings. The monoisotopic (exact) mass is 448 g/mol. The third-order valence-electron chi connectivity index (χ3n) is 5.05. The van der Waals surface area contributed by atoms with Crippen molar-refractivity contribution in [2.75, 3.05) is 23.3 Å². The first kappa shape index (κ1) is 20.7. The standard InChI is InChI=1S/C21H19ClF2N4OS/c22-17-12-16(5-6-18(17)24)25-20(29)14-7-9-28(10-8-14)21-27-26-19(30-21)11-13-1-3-15(23)4-2-13/h1-6,12,14H,7-11H2,(H,25,29). The normalized spacial score (nSPS) is 14.7. The average Bonchev–Trinajstić information content (AvgIpc) is 3.21. The Morgan fingerprint density at radius 2 is 1.87 bits per heavy atom. The van der Waals surface area contributed by atoms with Crippen LogP contribution in [0, 0.1) is 17.6 Å². The molecule has 0 spiro atoms. The van der Waals surface area contributed by atoms with E-state index in [4.69, 9.17) is 11.6 Å². The molecule has 5 nitrogen and oxygen atoms in total. The molecule has 0 radical (unpaired) electrons. The van der Waals surface area contributed by atoms with E-state index in [0.717, 1.165) is 15.7 Å². The van der Waals surface area contributed by atoms with E-state index in [1.807, 2.05) is 0 Å². The van der Waals surface area contributed by atoms with Crippen molar-refractivity contribution in [3.63, 3.8) is 0 Å². The highest BCUT2D eigenvalue weighted by Gasteiger charge is 2.27. The first-order valence-corrected chi connectivity index (χ1v) is 10.7. The second-order valence-corrected chi connectivity index (χ2v) is 8.61. The van der Waals surface area contributed by atoms with E-state index >= 15 is 0 Å². The molecule has 4 rings (SSSR count). The Bertz CT molecular complexity index is 1040. The molecule has 2 heterocycles. The molecule has 0 atom stereocenters. The SMILES string of the molecule is O=C(Nc1ccc(F)c(Cl)c1)C1CCN(c2nnc(Cc3ccc(F)cc3)s2)CC1. The lowest BCUT2D eigenvalue weighted by atomic mass is 9.96. The van der Waals surface area contributed by atoms with Gasteiger partial charge in [-0.1, -0.05) is 35.1 Å². The number of carbonyl (C=O) groups excluding carboxylic acids is 1. The molecule has 9 heteroatoms. The second-order valence-electron chi connectivity index (χ2n) is 7.16. The molecule has 1 saturated heterocycles. The number of amides is 1. The van der Waals surface area contributed by atoms with Crippen LogP contribution in [0.4, 0.5) is 19.6 Å². The van der Waals surface area contributed by atoms with Crippen molar-refractivity contribution in [2.45, 2.75) is 19.3 Å². The summed E-state index contributed by atoms with van der Waals surface area (Å²) in [6.07, 6.45) is 1.98. The van der Waals surface area contributed by atoms with E-state index in [-0.39, 0.29) is 22.7 Å². The number of carbonyl (C=O) groups is 1. The molecule has 2 aromatic carbocycles. The fraction of sp³-hybridized carbons (Fsp3) is 0.286. The highest BCUT2D eigenvalue weighted by Crippen LogP contribution is 2.28. The van der Waals surface area contributed by atoms with Gasteiger partial charge in [-0.3, -0.25) is 4.79 Å². The summed E-state index contributed by atoms with van der Waals surface area (Å²) in [5.74, 6) is -0.992. The summed E-state index contributed by atoms with van der Waals surface area (Å²) in [6.45, 7) is 1.40. The van der Waals surface area contributed by atoms with Crippen molar-refractivity contribution in [1.29, 1.82) is 0 Å². The number of halogens is 3. The van der Waals surface area contributed by atoms with Crippen LogP contribution in [-0.2, 0) is 11.2 Å². The van der Waals surface area contributed by atoms with Gasteiger partial charge in [-0.25, -0.2) is 8.78 Å². The summed E-state index contributed by atoms with van der Waals surface area (Å²) in [6, 6.07) is 10.5. The van der Waals surface area contributed by atoms with Crippen molar-refractivity contribution in [1.82, 2.24) is 10.2 Å². The van der Waals surface area contributed by atoms with Gasteiger partial charge in [0.2, 0.25) is 11.0 Å². The maximum Gasteiger partial charge on any atom is 0.227 e. The molecule has 1 fully saturated rings. The van der Waals surface area contributed by atoms with E-state index in [9.17, 15) is 13.6 Å². The molecule has 1 aromatic heterocycles. The number of rotatable bonds is 5. The summed E-state index contributed by atoms with van der Waals surface area (Å²) in [5, 5.41) is 13.0. The van der Waals surface area contributed by atoms with Gasteiger partial charge in [0.25, 0.3) is 0 Å². The largest absolute Gasteiger partial charge is 0.347 e. The van der Waals surface area contributed by atoms with Crippen LogP contribution in [0.25, 0.3) is 0 Å². The quantitative estimate of drug-likeness (QED) is 0.602. The lowest BCUT2D eigenvalue weighted by molar-refractivity contribution is -0.120. The minimum atomic E-state index is -0.515. The Labute approximate surface area is 181 Å². The van der Waals surface area contributed by atoms with Crippen LogP contribution in [0.3, 0.4) is 0 Å². The van der Waals surface area contributed by atoms with Gasteiger partial charge in [-0.05, 0) is 48.7 Å². The Balaban J connectivity index is 1.31. The van der Waals surface area contributed by atoms with Gasteiger partial charge in [0.15, 0.2) is 0 Å².